The molecule has 1 N–H and O–H groups in total. The van der Waals surface area contributed by atoms with E-state index in [2.05, 4.69) is 0 Å². The molecule has 0 bridgehead atoms. The Morgan fingerprint density at radius 1 is 1.06 bits per heavy atom. The van der Waals surface area contributed by atoms with Crippen molar-refractivity contribution in [1.82, 2.24) is 0 Å². The SMILES string of the molecule is Cl.O=S(=O)(O)C1C=Cc2cccc3cccc1c23. The maximum Gasteiger partial charge on any atom is 0.275 e. The number of hydrogen-bond acceptors (Lipinski definition) is 2. The van der Waals surface area contributed by atoms with Gasteiger partial charge in [0.15, 0.2) is 0 Å². The predicted octanol–water partition coefficient (Wildman–Crippen LogP) is 3.22. The Labute approximate surface area is 111 Å². The van der Waals surface area contributed by atoms with Gasteiger partial charge in [-0.2, -0.15) is 8.42 Å². The molecule has 94 valence electrons. The van der Waals surface area contributed by atoms with Gasteiger partial charge in [-0.25, -0.2) is 0 Å². The van der Waals surface area contributed by atoms with E-state index in [1.165, 1.54) is 6.08 Å². The van der Waals surface area contributed by atoms with E-state index in [1.54, 1.807) is 18.2 Å². The smallest absolute Gasteiger partial charge is 0.275 e. The monoisotopic (exact) mass is 282 g/mol. The molecule has 1 atom stereocenters. The summed E-state index contributed by atoms with van der Waals surface area (Å²) in [5.41, 5.74) is 1.63. The van der Waals surface area contributed by atoms with Crippen LogP contribution in [0.2, 0.25) is 0 Å². The van der Waals surface area contributed by atoms with Crippen LogP contribution in [0, 0.1) is 0 Å². The van der Waals surface area contributed by atoms with Crippen LogP contribution >= 0.6 is 12.4 Å². The van der Waals surface area contributed by atoms with E-state index >= 15 is 0 Å². The molecule has 2 aromatic carbocycles. The number of halogens is 1. The summed E-state index contributed by atoms with van der Waals surface area (Å²) in [5.74, 6) is 0. The van der Waals surface area contributed by atoms with Gasteiger partial charge in [-0.05, 0) is 21.9 Å². The predicted molar refractivity (Wildman–Crippen MR) is 74.5 cm³/mol. The average molecular weight is 283 g/mol. The van der Waals surface area contributed by atoms with Crippen molar-refractivity contribution in [3.8, 4) is 0 Å². The Hall–Kier alpha value is -1.36. The van der Waals surface area contributed by atoms with E-state index in [4.69, 9.17) is 0 Å². The van der Waals surface area contributed by atoms with Crippen LogP contribution in [-0.2, 0) is 10.1 Å². The van der Waals surface area contributed by atoms with Gasteiger partial charge in [0.2, 0.25) is 0 Å². The quantitative estimate of drug-likeness (QED) is 0.817. The normalized spacial score (nSPS) is 17.5. The van der Waals surface area contributed by atoms with Crippen molar-refractivity contribution in [3.63, 3.8) is 0 Å². The molecule has 0 spiro atoms. The van der Waals surface area contributed by atoms with Crippen LogP contribution in [-0.4, -0.2) is 13.0 Å². The highest BCUT2D eigenvalue weighted by Gasteiger charge is 2.26. The molecule has 1 aliphatic rings. The highest BCUT2D eigenvalue weighted by molar-refractivity contribution is 7.86. The first kappa shape index (κ1) is 13.1. The van der Waals surface area contributed by atoms with Crippen LogP contribution in [0.5, 0.6) is 0 Å². The molecule has 0 saturated carbocycles. The van der Waals surface area contributed by atoms with Gasteiger partial charge < -0.3 is 0 Å². The lowest BCUT2D eigenvalue weighted by atomic mass is 9.93. The fraction of sp³-hybridized carbons (Fsp3) is 0.0769. The summed E-state index contributed by atoms with van der Waals surface area (Å²) in [7, 11) is -4.10. The minimum absolute atomic E-state index is 0. The summed E-state index contributed by atoms with van der Waals surface area (Å²) in [5, 5.41) is 0.930. The van der Waals surface area contributed by atoms with E-state index in [0.717, 1.165) is 16.3 Å². The van der Waals surface area contributed by atoms with Crippen LogP contribution in [0.4, 0.5) is 0 Å². The minimum atomic E-state index is -4.10. The molecule has 3 rings (SSSR count). The standard InChI is InChI=1S/C13H10O3S.ClH/c14-17(15,16)12-8-7-10-4-1-3-9-5-2-6-11(12)13(9)10;/h1-8,12H,(H,14,15,16);1H. The number of hydrogen-bond donors (Lipinski definition) is 1. The van der Waals surface area contributed by atoms with Crippen molar-refractivity contribution in [2.45, 2.75) is 5.25 Å². The van der Waals surface area contributed by atoms with Gasteiger partial charge in [0, 0.05) is 0 Å². The molecule has 0 aromatic heterocycles. The van der Waals surface area contributed by atoms with Crippen molar-refractivity contribution < 1.29 is 13.0 Å². The van der Waals surface area contributed by atoms with Gasteiger partial charge in [-0.1, -0.05) is 48.6 Å². The summed E-state index contributed by atoms with van der Waals surface area (Å²) in [4.78, 5) is 0. The number of benzene rings is 2. The lowest BCUT2D eigenvalue weighted by Crippen LogP contribution is -2.12. The van der Waals surface area contributed by atoms with Crippen LogP contribution in [0.1, 0.15) is 16.4 Å². The first-order valence-corrected chi connectivity index (χ1v) is 6.74. The highest BCUT2D eigenvalue weighted by Crippen LogP contribution is 2.36. The molecule has 0 fully saturated rings. The van der Waals surface area contributed by atoms with Crippen LogP contribution < -0.4 is 0 Å². The van der Waals surface area contributed by atoms with Crippen molar-refractivity contribution in [2.24, 2.45) is 0 Å². The molecule has 2 aromatic rings. The molecule has 3 nitrogen and oxygen atoms in total. The van der Waals surface area contributed by atoms with Gasteiger partial charge >= 0.3 is 0 Å². The average Bonchev–Trinajstić information content (AvgIpc) is 2.28. The van der Waals surface area contributed by atoms with E-state index in [9.17, 15) is 13.0 Å². The molecule has 18 heavy (non-hydrogen) atoms. The molecule has 0 heterocycles. The third-order valence-electron chi connectivity index (χ3n) is 3.05. The molecular formula is C13H11ClO3S. The van der Waals surface area contributed by atoms with Crippen molar-refractivity contribution in [2.75, 3.05) is 0 Å². The van der Waals surface area contributed by atoms with E-state index in [1.807, 2.05) is 24.3 Å². The zero-order valence-corrected chi connectivity index (χ0v) is 10.9. The van der Waals surface area contributed by atoms with Gasteiger partial charge in [-0.3, -0.25) is 4.55 Å². The first-order valence-electron chi connectivity index (χ1n) is 5.23. The largest absolute Gasteiger partial charge is 0.285 e. The second-order valence-electron chi connectivity index (χ2n) is 4.09. The maximum atomic E-state index is 11.3. The highest BCUT2D eigenvalue weighted by atomic mass is 35.5. The molecule has 0 saturated heterocycles. The molecule has 1 unspecified atom stereocenters. The first-order chi connectivity index (χ1) is 8.07. The summed E-state index contributed by atoms with van der Waals surface area (Å²) in [6, 6.07) is 11.3. The lowest BCUT2D eigenvalue weighted by Gasteiger charge is -2.18. The van der Waals surface area contributed by atoms with Crippen LogP contribution in [0.15, 0.2) is 42.5 Å². The minimum Gasteiger partial charge on any atom is -0.285 e. The van der Waals surface area contributed by atoms with Gasteiger partial charge in [-0.15, -0.1) is 12.4 Å². The topological polar surface area (TPSA) is 54.4 Å². The Morgan fingerprint density at radius 2 is 1.72 bits per heavy atom. The van der Waals surface area contributed by atoms with Crippen molar-refractivity contribution in [1.29, 1.82) is 0 Å². The fourth-order valence-electron chi connectivity index (χ4n) is 2.33. The molecular weight excluding hydrogens is 272 g/mol. The van der Waals surface area contributed by atoms with Crippen LogP contribution in [0.3, 0.4) is 0 Å². The van der Waals surface area contributed by atoms with Gasteiger partial charge in [0.25, 0.3) is 10.1 Å². The maximum absolute atomic E-state index is 11.3. The van der Waals surface area contributed by atoms with E-state index in [-0.39, 0.29) is 12.4 Å². The van der Waals surface area contributed by atoms with Crippen molar-refractivity contribution >= 4 is 39.4 Å². The Balaban J connectivity index is 0.00000120. The zero-order chi connectivity index (χ0) is 12.0. The molecule has 0 radical (unpaired) electrons. The second kappa shape index (κ2) is 4.39. The third-order valence-corrected chi connectivity index (χ3v) is 4.10. The summed E-state index contributed by atoms with van der Waals surface area (Å²) in [6.45, 7) is 0. The second-order valence-corrected chi connectivity index (χ2v) is 5.63. The Morgan fingerprint density at radius 3 is 2.39 bits per heavy atom. The van der Waals surface area contributed by atoms with Gasteiger partial charge in [0.05, 0.1) is 0 Å². The summed E-state index contributed by atoms with van der Waals surface area (Å²) in [6.07, 6.45) is 3.26. The van der Waals surface area contributed by atoms with E-state index < -0.39 is 15.4 Å². The summed E-state index contributed by atoms with van der Waals surface area (Å²) >= 11 is 0. The molecule has 1 aliphatic carbocycles. The molecule has 5 heteroatoms. The van der Waals surface area contributed by atoms with Gasteiger partial charge in [0.1, 0.15) is 5.25 Å². The van der Waals surface area contributed by atoms with Crippen molar-refractivity contribution in [3.05, 3.63) is 53.6 Å². The molecule has 0 aliphatic heterocycles. The summed E-state index contributed by atoms with van der Waals surface area (Å²) < 4.78 is 31.9. The fourth-order valence-corrected chi connectivity index (χ4v) is 3.12. The Bertz CT molecular complexity index is 730. The molecule has 0 amide bonds. The Kier molecular flexibility index (Phi) is 3.19. The third kappa shape index (κ3) is 1.92. The lowest BCUT2D eigenvalue weighted by molar-refractivity contribution is 0.476. The number of rotatable bonds is 1. The van der Waals surface area contributed by atoms with E-state index in [0.29, 0.717) is 5.56 Å². The van der Waals surface area contributed by atoms with Crippen LogP contribution in [0.25, 0.3) is 16.8 Å². The zero-order valence-electron chi connectivity index (χ0n) is 9.28.